The van der Waals surface area contributed by atoms with Crippen LogP contribution in [0.3, 0.4) is 0 Å². The quantitative estimate of drug-likeness (QED) is 0.868. The van der Waals surface area contributed by atoms with Crippen molar-refractivity contribution in [1.29, 1.82) is 0 Å². The van der Waals surface area contributed by atoms with E-state index in [2.05, 4.69) is 0 Å². The molecule has 1 atom stereocenters. The Kier molecular flexibility index (Phi) is 6.05. The predicted molar refractivity (Wildman–Crippen MR) is 101 cm³/mol. The van der Waals surface area contributed by atoms with Gasteiger partial charge in [-0.2, -0.15) is 0 Å². The molecule has 0 bridgehead atoms. The molecular weight excluding hydrogens is 326 g/mol. The first-order chi connectivity index (χ1) is 12.6. The summed E-state index contributed by atoms with van der Waals surface area (Å²) in [6.07, 6.45) is 3.36. The SMILES string of the molecule is O=C(CCc1ccccc1)[C@@H]1CCCN(C(=O)Cc2ccc(O)cc2)C1. The van der Waals surface area contributed by atoms with Crippen molar-refractivity contribution in [1.82, 2.24) is 4.90 Å². The third kappa shape index (κ3) is 4.94. The second kappa shape index (κ2) is 8.65. The van der Waals surface area contributed by atoms with Crippen molar-refractivity contribution in [3.63, 3.8) is 0 Å². The lowest BCUT2D eigenvalue weighted by atomic mass is 9.90. The Morgan fingerprint density at radius 2 is 1.73 bits per heavy atom. The molecule has 4 heteroatoms. The summed E-state index contributed by atoms with van der Waals surface area (Å²) in [5.74, 6) is 0.465. The molecule has 1 fully saturated rings. The number of amides is 1. The van der Waals surface area contributed by atoms with Crippen molar-refractivity contribution < 1.29 is 14.7 Å². The number of carbonyl (C=O) groups is 2. The van der Waals surface area contributed by atoms with E-state index < -0.39 is 0 Å². The molecule has 4 nitrogen and oxygen atoms in total. The number of nitrogens with zero attached hydrogens (tertiary/aromatic N) is 1. The van der Waals surface area contributed by atoms with E-state index in [-0.39, 0.29) is 23.4 Å². The fourth-order valence-corrected chi connectivity index (χ4v) is 3.48. The van der Waals surface area contributed by atoms with Gasteiger partial charge in [-0.1, -0.05) is 42.5 Å². The lowest BCUT2D eigenvalue weighted by Crippen LogP contribution is -2.43. The number of aryl methyl sites for hydroxylation is 1. The van der Waals surface area contributed by atoms with E-state index in [0.717, 1.165) is 31.4 Å². The van der Waals surface area contributed by atoms with Crippen LogP contribution < -0.4 is 0 Å². The molecule has 26 heavy (non-hydrogen) atoms. The number of carbonyl (C=O) groups excluding carboxylic acids is 2. The smallest absolute Gasteiger partial charge is 0.227 e. The lowest BCUT2D eigenvalue weighted by molar-refractivity contribution is -0.134. The number of aromatic hydroxyl groups is 1. The molecule has 2 aromatic rings. The molecule has 0 aromatic heterocycles. The van der Waals surface area contributed by atoms with Crippen LogP contribution in [0.2, 0.25) is 0 Å². The number of Topliss-reactive ketones (excluding diaryl/α,β-unsaturated/α-hetero) is 1. The average Bonchev–Trinajstić information content (AvgIpc) is 2.69. The normalized spacial score (nSPS) is 17.1. The third-order valence-electron chi connectivity index (χ3n) is 5.02. The minimum absolute atomic E-state index is 0.0452. The van der Waals surface area contributed by atoms with Gasteiger partial charge in [0.2, 0.25) is 5.91 Å². The highest BCUT2D eigenvalue weighted by Gasteiger charge is 2.27. The van der Waals surface area contributed by atoms with Gasteiger partial charge in [0, 0.05) is 25.4 Å². The summed E-state index contributed by atoms with van der Waals surface area (Å²) in [6.45, 7) is 1.25. The van der Waals surface area contributed by atoms with Gasteiger partial charge in [-0.3, -0.25) is 9.59 Å². The van der Waals surface area contributed by atoms with Crippen molar-refractivity contribution in [3.05, 3.63) is 65.7 Å². The number of hydrogen-bond donors (Lipinski definition) is 1. The fraction of sp³-hybridized carbons (Fsp3) is 0.364. The number of hydrogen-bond acceptors (Lipinski definition) is 3. The summed E-state index contributed by atoms with van der Waals surface area (Å²) in [5, 5.41) is 9.34. The maximum atomic E-state index is 12.6. The van der Waals surface area contributed by atoms with Crippen molar-refractivity contribution in [2.75, 3.05) is 13.1 Å². The molecule has 0 saturated carbocycles. The maximum absolute atomic E-state index is 12.6. The number of ketones is 1. The molecular formula is C22H25NO3. The minimum atomic E-state index is -0.0452. The van der Waals surface area contributed by atoms with Gasteiger partial charge in [0.15, 0.2) is 0 Å². The van der Waals surface area contributed by atoms with Crippen LogP contribution in [0.4, 0.5) is 0 Å². The number of likely N-dealkylation sites (tertiary alicyclic amines) is 1. The molecule has 1 heterocycles. The largest absolute Gasteiger partial charge is 0.508 e. The van der Waals surface area contributed by atoms with Crippen molar-refractivity contribution in [2.24, 2.45) is 5.92 Å². The molecule has 0 spiro atoms. The van der Waals surface area contributed by atoms with E-state index in [1.807, 2.05) is 35.2 Å². The van der Waals surface area contributed by atoms with Crippen molar-refractivity contribution in [2.45, 2.75) is 32.1 Å². The zero-order chi connectivity index (χ0) is 18.4. The van der Waals surface area contributed by atoms with Crippen molar-refractivity contribution >= 4 is 11.7 Å². The van der Waals surface area contributed by atoms with Gasteiger partial charge >= 0.3 is 0 Å². The monoisotopic (exact) mass is 351 g/mol. The molecule has 1 aliphatic heterocycles. The van der Waals surface area contributed by atoms with Crippen LogP contribution in [0.25, 0.3) is 0 Å². The Morgan fingerprint density at radius 1 is 1.00 bits per heavy atom. The number of benzene rings is 2. The number of phenols is 1. The number of rotatable bonds is 6. The Hall–Kier alpha value is -2.62. The summed E-state index contributed by atoms with van der Waals surface area (Å²) in [6, 6.07) is 16.8. The second-order valence-corrected chi connectivity index (χ2v) is 6.97. The molecule has 0 aliphatic carbocycles. The highest BCUT2D eigenvalue weighted by molar-refractivity contribution is 5.83. The molecule has 1 N–H and O–H groups in total. The topological polar surface area (TPSA) is 57.6 Å². The third-order valence-corrected chi connectivity index (χ3v) is 5.02. The summed E-state index contributed by atoms with van der Waals surface area (Å²) in [4.78, 5) is 26.9. The summed E-state index contributed by atoms with van der Waals surface area (Å²) in [5.41, 5.74) is 2.06. The van der Waals surface area contributed by atoms with E-state index in [1.54, 1.807) is 24.3 Å². The van der Waals surface area contributed by atoms with E-state index in [1.165, 1.54) is 5.56 Å². The Balaban J connectivity index is 1.52. The van der Waals surface area contributed by atoms with Gasteiger partial charge in [-0.25, -0.2) is 0 Å². The van der Waals surface area contributed by atoms with Gasteiger partial charge in [0.25, 0.3) is 0 Å². The Morgan fingerprint density at radius 3 is 2.46 bits per heavy atom. The molecule has 1 amide bonds. The first-order valence-electron chi connectivity index (χ1n) is 9.24. The molecule has 0 radical (unpaired) electrons. The molecule has 1 aliphatic rings. The first-order valence-corrected chi connectivity index (χ1v) is 9.24. The Bertz CT molecular complexity index is 740. The molecule has 0 unspecified atom stereocenters. The van der Waals surface area contributed by atoms with Crippen LogP contribution in [-0.2, 0) is 22.4 Å². The van der Waals surface area contributed by atoms with E-state index in [0.29, 0.717) is 19.4 Å². The predicted octanol–water partition coefficient (Wildman–Crippen LogP) is 3.38. The van der Waals surface area contributed by atoms with Crippen LogP contribution in [0.5, 0.6) is 5.75 Å². The molecule has 3 rings (SSSR count). The van der Waals surface area contributed by atoms with Gasteiger partial charge in [-0.15, -0.1) is 0 Å². The van der Waals surface area contributed by atoms with Crippen LogP contribution in [0.15, 0.2) is 54.6 Å². The van der Waals surface area contributed by atoms with Crippen LogP contribution >= 0.6 is 0 Å². The van der Waals surface area contributed by atoms with E-state index in [9.17, 15) is 14.7 Å². The van der Waals surface area contributed by atoms with Gasteiger partial charge in [0.05, 0.1) is 6.42 Å². The zero-order valence-electron chi connectivity index (χ0n) is 14.9. The highest BCUT2D eigenvalue weighted by atomic mass is 16.3. The lowest BCUT2D eigenvalue weighted by Gasteiger charge is -2.32. The maximum Gasteiger partial charge on any atom is 0.227 e. The minimum Gasteiger partial charge on any atom is -0.508 e. The highest BCUT2D eigenvalue weighted by Crippen LogP contribution is 2.21. The fourth-order valence-electron chi connectivity index (χ4n) is 3.48. The number of piperidine rings is 1. The Labute approximate surface area is 154 Å². The van der Waals surface area contributed by atoms with Gasteiger partial charge < -0.3 is 10.0 Å². The average molecular weight is 351 g/mol. The van der Waals surface area contributed by atoms with Crippen molar-refractivity contribution in [3.8, 4) is 5.75 Å². The summed E-state index contributed by atoms with van der Waals surface area (Å²) < 4.78 is 0. The standard InChI is InChI=1S/C22H25NO3/c24-20-11-8-18(9-12-20)15-22(26)23-14-4-7-19(16-23)21(25)13-10-17-5-2-1-3-6-17/h1-3,5-6,8-9,11-12,19,24H,4,7,10,13-16H2/t19-/m1/s1. The first kappa shape index (κ1) is 18.2. The van der Waals surface area contributed by atoms with Crippen LogP contribution in [-0.4, -0.2) is 34.8 Å². The molecule has 136 valence electrons. The van der Waals surface area contributed by atoms with E-state index in [4.69, 9.17) is 0 Å². The summed E-state index contributed by atoms with van der Waals surface area (Å²) >= 11 is 0. The van der Waals surface area contributed by atoms with Gasteiger partial charge in [-0.05, 0) is 42.5 Å². The van der Waals surface area contributed by atoms with Crippen LogP contribution in [0, 0.1) is 5.92 Å². The molecule has 1 saturated heterocycles. The number of phenolic OH excluding ortho intramolecular Hbond substituents is 1. The summed E-state index contributed by atoms with van der Waals surface area (Å²) in [7, 11) is 0. The van der Waals surface area contributed by atoms with Crippen LogP contribution in [0.1, 0.15) is 30.4 Å². The van der Waals surface area contributed by atoms with E-state index >= 15 is 0 Å². The second-order valence-electron chi connectivity index (χ2n) is 6.97. The zero-order valence-corrected chi connectivity index (χ0v) is 14.9. The molecule has 2 aromatic carbocycles. The van der Waals surface area contributed by atoms with Gasteiger partial charge in [0.1, 0.15) is 11.5 Å².